The molecule has 4 atom stereocenters. The number of allylic oxidation sites excluding steroid dienone is 1. The van der Waals surface area contributed by atoms with E-state index in [1.807, 2.05) is 0 Å². The van der Waals surface area contributed by atoms with Gasteiger partial charge in [-0.2, -0.15) is 0 Å². The number of ether oxygens (including phenoxy) is 1. The monoisotopic (exact) mass is 340 g/mol. The molecule has 5 nitrogen and oxygen atoms in total. The molecule has 1 aliphatic carbocycles. The number of Topliss-reactive ketones (excluding diaryl/α,β-unsaturated/α-hetero) is 2. The molecule has 3 rings (SSSR count). The van der Waals surface area contributed by atoms with E-state index in [9.17, 15) is 19.2 Å². The van der Waals surface area contributed by atoms with Gasteiger partial charge in [-0.3, -0.25) is 14.4 Å². The van der Waals surface area contributed by atoms with Crippen LogP contribution in [0.5, 0.6) is 5.75 Å². The highest BCUT2D eigenvalue weighted by Crippen LogP contribution is 2.61. The summed E-state index contributed by atoms with van der Waals surface area (Å²) in [5, 5.41) is 0. The first-order valence-corrected chi connectivity index (χ1v) is 8.23. The van der Waals surface area contributed by atoms with Crippen LogP contribution in [0.1, 0.15) is 36.2 Å². The van der Waals surface area contributed by atoms with Gasteiger partial charge in [-0.05, 0) is 18.6 Å². The minimum atomic E-state index is -1.76. The molecule has 0 amide bonds. The van der Waals surface area contributed by atoms with E-state index < -0.39 is 34.4 Å². The van der Waals surface area contributed by atoms with Gasteiger partial charge in [-0.15, -0.1) is 6.58 Å². The smallest absolute Gasteiger partial charge is 0.327 e. The molecule has 0 bridgehead atoms. The first-order chi connectivity index (χ1) is 11.7. The van der Waals surface area contributed by atoms with Gasteiger partial charge in [0.05, 0.1) is 11.5 Å². The van der Waals surface area contributed by atoms with Crippen molar-refractivity contribution in [3.8, 4) is 5.75 Å². The number of carbonyl (C=O) groups is 4. The molecule has 1 aromatic carbocycles. The molecule has 25 heavy (non-hydrogen) atoms. The van der Waals surface area contributed by atoms with Gasteiger partial charge < -0.3 is 9.53 Å². The Morgan fingerprint density at radius 1 is 1.32 bits per heavy atom. The Morgan fingerprint density at radius 3 is 2.60 bits per heavy atom. The molecule has 1 heterocycles. The average molecular weight is 340 g/mol. The zero-order valence-corrected chi connectivity index (χ0v) is 14.5. The van der Waals surface area contributed by atoms with Crippen LogP contribution in [-0.4, -0.2) is 23.8 Å². The van der Waals surface area contributed by atoms with Crippen molar-refractivity contribution in [2.24, 2.45) is 22.7 Å². The fraction of sp³-hybridized carbons (Fsp3) is 0.400. The maximum Gasteiger partial charge on any atom is 0.327 e. The van der Waals surface area contributed by atoms with Gasteiger partial charge >= 0.3 is 5.97 Å². The Bertz CT molecular complexity index is 823. The highest BCUT2D eigenvalue weighted by Gasteiger charge is 2.72. The minimum Gasteiger partial charge on any atom is -0.425 e. The maximum atomic E-state index is 13.6. The summed E-state index contributed by atoms with van der Waals surface area (Å²) < 4.78 is 5.52. The van der Waals surface area contributed by atoms with Crippen molar-refractivity contribution >= 4 is 23.8 Å². The van der Waals surface area contributed by atoms with Gasteiger partial charge in [0.1, 0.15) is 17.8 Å². The molecule has 1 aromatic rings. The molecule has 1 fully saturated rings. The second-order valence-electron chi connectivity index (χ2n) is 7.21. The quantitative estimate of drug-likeness (QED) is 0.278. The molecule has 1 spiro atoms. The zero-order chi connectivity index (χ0) is 18.6. The van der Waals surface area contributed by atoms with E-state index in [1.54, 1.807) is 39.0 Å². The normalized spacial score (nSPS) is 32.3. The number of fused-ring (bicyclic) bond motifs is 1. The molecular formula is C20H20O5. The number of hydrogen-bond acceptors (Lipinski definition) is 5. The van der Waals surface area contributed by atoms with Crippen LogP contribution in [0.3, 0.4) is 0 Å². The molecule has 5 heteroatoms. The second kappa shape index (κ2) is 5.48. The first-order valence-electron chi connectivity index (χ1n) is 8.23. The minimum absolute atomic E-state index is 0.0264. The van der Waals surface area contributed by atoms with Gasteiger partial charge in [0, 0.05) is 17.8 Å². The zero-order valence-electron chi connectivity index (χ0n) is 14.5. The summed E-state index contributed by atoms with van der Waals surface area (Å²) in [6, 6.07) is 5.01. The van der Waals surface area contributed by atoms with Crippen LogP contribution in [0, 0.1) is 29.6 Å². The predicted octanol–water partition coefficient (Wildman–Crippen LogP) is 2.70. The van der Waals surface area contributed by atoms with E-state index in [4.69, 9.17) is 4.74 Å². The molecule has 1 aliphatic heterocycles. The standard InChI is InChI=1S/C20H20O5/c1-5-19(4)9-13(22)16(12(3)10-21)20(19)17(23)15-11(2)7-6-8-14(15)25-18(20)24/h5-8,10,12,16H,1,9H2,2-4H3. The summed E-state index contributed by atoms with van der Waals surface area (Å²) in [5.74, 6) is -3.16. The molecule has 130 valence electrons. The highest BCUT2D eigenvalue weighted by atomic mass is 16.5. The van der Waals surface area contributed by atoms with Crippen molar-refractivity contribution in [1.29, 1.82) is 0 Å². The van der Waals surface area contributed by atoms with E-state index in [2.05, 4.69) is 6.58 Å². The summed E-state index contributed by atoms with van der Waals surface area (Å²) in [6.45, 7) is 8.74. The summed E-state index contributed by atoms with van der Waals surface area (Å²) in [7, 11) is 0. The van der Waals surface area contributed by atoms with Crippen molar-refractivity contribution in [2.45, 2.75) is 27.2 Å². The van der Waals surface area contributed by atoms with E-state index in [1.165, 1.54) is 6.08 Å². The van der Waals surface area contributed by atoms with Gasteiger partial charge in [0.15, 0.2) is 11.2 Å². The van der Waals surface area contributed by atoms with E-state index in [0.29, 0.717) is 17.4 Å². The summed E-state index contributed by atoms with van der Waals surface area (Å²) in [4.78, 5) is 50.9. The topological polar surface area (TPSA) is 77.5 Å². The average Bonchev–Trinajstić information content (AvgIpc) is 2.81. The summed E-state index contributed by atoms with van der Waals surface area (Å²) in [5.41, 5.74) is -1.91. The Hall–Kier alpha value is -2.56. The molecule has 0 radical (unpaired) electrons. The number of aryl methyl sites for hydroxylation is 1. The third kappa shape index (κ3) is 1.95. The van der Waals surface area contributed by atoms with E-state index in [-0.39, 0.29) is 18.0 Å². The van der Waals surface area contributed by atoms with Crippen LogP contribution >= 0.6 is 0 Å². The fourth-order valence-corrected chi connectivity index (χ4v) is 4.46. The van der Waals surface area contributed by atoms with Crippen LogP contribution in [-0.2, 0) is 14.4 Å². The molecule has 2 aliphatic rings. The molecule has 4 unspecified atom stereocenters. The number of rotatable bonds is 3. The molecule has 0 N–H and O–H groups in total. The number of benzene rings is 1. The van der Waals surface area contributed by atoms with Gasteiger partial charge in [0.25, 0.3) is 0 Å². The van der Waals surface area contributed by atoms with Crippen LogP contribution in [0.2, 0.25) is 0 Å². The van der Waals surface area contributed by atoms with E-state index >= 15 is 0 Å². The Balaban J connectivity index is 2.36. The lowest BCUT2D eigenvalue weighted by Gasteiger charge is -2.44. The molecular weight excluding hydrogens is 320 g/mol. The number of hydrogen-bond donors (Lipinski definition) is 0. The van der Waals surface area contributed by atoms with Gasteiger partial charge in [-0.1, -0.05) is 32.1 Å². The van der Waals surface area contributed by atoms with Crippen molar-refractivity contribution in [1.82, 2.24) is 0 Å². The highest BCUT2D eigenvalue weighted by molar-refractivity contribution is 6.22. The van der Waals surface area contributed by atoms with Crippen molar-refractivity contribution in [2.75, 3.05) is 0 Å². The Labute approximate surface area is 146 Å². The summed E-state index contributed by atoms with van der Waals surface area (Å²) >= 11 is 0. The summed E-state index contributed by atoms with van der Waals surface area (Å²) in [6.07, 6.45) is 2.07. The largest absolute Gasteiger partial charge is 0.425 e. The van der Waals surface area contributed by atoms with Crippen LogP contribution < -0.4 is 4.74 Å². The maximum absolute atomic E-state index is 13.6. The van der Waals surface area contributed by atoms with E-state index in [0.717, 1.165) is 0 Å². The first kappa shape index (κ1) is 17.3. The molecule has 0 aromatic heterocycles. The van der Waals surface area contributed by atoms with Gasteiger partial charge in [0.2, 0.25) is 0 Å². The lowest BCUT2D eigenvalue weighted by molar-refractivity contribution is -0.153. The second-order valence-corrected chi connectivity index (χ2v) is 7.21. The van der Waals surface area contributed by atoms with Crippen LogP contribution in [0.4, 0.5) is 0 Å². The van der Waals surface area contributed by atoms with Crippen molar-refractivity contribution < 1.29 is 23.9 Å². The van der Waals surface area contributed by atoms with Crippen molar-refractivity contribution in [3.63, 3.8) is 0 Å². The number of esters is 1. The van der Waals surface area contributed by atoms with Gasteiger partial charge in [-0.25, -0.2) is 0 Å². The molecule has 1 saturated carbocycles. The van der Waals surface area contributed by atoms with Crippen molar-refractivity contribution in [3.05, 3.63) is 42.0 Å². The third-order valence-electron chi connectivity index (χ3n) is 5.79. The number of carbonyl (C=O) groups excluding carboxylic acids is 4. The third-order valence-corrected chi connectivity index (χ3v) is 5.79. The lowest BCUT2D eigenvalue weighted by atomic mass is 9.56. The Kier molecular flexibility index (Phi) is 3.78. The van der Waals surface area contributed by atoms with Crippen LogP contribution in [0.15, 0.2) is 30.9 Å². The molecule has 0 saturated heterocycles. The number of aldehydes is 1. The fourth-order valence-electron chi connectivity index (χ4n) is 4.46. The Morgan fingerprint density at radius 2 is 2.00 bits per heavy atom. The lowest BCUT2D eigenvalue weighted by Crippen LogP contribution is -2.57. The van der Waals surface area contributed by atoms with Crippen LogP contribution in [0.25, 0.3) is 0 Å². The predicted molar refractivity (Wildman–Crippen MR) is 90.2 cm³/mol. The SMILES string of the molecule is C=CC1(C)CC(=O)C(C(C)C=O)C12C(=O)Oc1cccc(C)c1C2=O. The number of ketones is 2.